The number of aryl methyl sites for hydroxylation is 1. The molecule has 166 valence electrons. The smallest absolute Gasteiger partial charge is 0.351 e. The van der Waals surface area contributed by atoms with Crippen LogP contribution in [0.3, 0.4) is 0 Å². The highest BCUT2D eigenvalue weighted by atomic mass is 127. The van der Waals surface area contributed by atoms with Crippen molar-refractivity contribution >= 4 is 40.0 Å². The third-order valence-electron chi connectivity index (χ3n) is 5.50. The molecule has 1 aromatic carbocycles. The van der Waals surface area contributed by atoms with E-state index in [9.17, 15) is 24.2 Å². The summed E-state index contributed by atoms with van der Waals surface area (Å²) in [7, 11) is 0. The number of halogens is 2. The summed E-state index contributed by atoms with van der Waals surface area (Å²) < 4.78 is 18.8. The first-order valence-electron chi connectivity index (χ1n) is 9.83. The van der Waals surface area contributed by atoms with E-state index in [1.165, 1.54) is 34.9 Å². The van der Waals surface area contributed by atoms with Gasteiger partial charge in [-0.15, -0.1) is 0 Å². The molecular formula is C20H22FIN4O5. The maximum Gasteiger partial charge on any atom is 0.351 e. The van der Waals surface area contributed by atoms with E-state index in [0.29, 0.717) is 11.6 Å². The summed E-state index contributed by atoms with van der Waals surface area (Å²) in [6.45, 7) is 1.48. The Morgan fingerprint density at radius 3 is 2.94 bits per heavy atom. The Kier molecular flexibility index (Phi) is 6.03. The van der Waals surface area contributed by atoms with Gasteiger partial charge in [-0.05, 0) is 66.1 Å². The lowest BCUT2D eigenvalue weighted by molar-refractivity contribution is -0.0499. The number of aliphatic hydroxyl groups is 2. The lowest BCUT2D eigenvalue weighted by Gasteiger charge is -2.24. The number of hydrogen-bond donors (Lipinski definition) is 4. The SMILES string of the molecule is CC1CCc2ccc(C(=O)Nc3ccn(C4O[C@H](CO)[C@@H](O)C4(F)I)c(=O)n3)cc2N1. The van der Waals surface area contributed by atoms with Crippen molar-refractivity contribution in [1.29, 1.82) is 0 Å². The fraction of sp³-hybridized carbons (Fsp3) is 0.450. The first-order valence-corrected chi connectivity index (χ1v) is 10.9. The Labute approximate surface area is 190 Å². The van der Waals surface area contributed by atoms with E-state index in [1.807, 2.05) is 6.07 Å². The number of hydrogen-bond acceptors (Lipinski definition) is 7. The monoisotopic (exact) mass is 544 g/mol. The van der Waals surface area contributed by atoms with Gasteiger partial charge in [0.25, 0.3) is 5.91 Å². The average Bonchev–Trinajstić information content (AvgIpc) is 2.96. The third kappa shape index (κ3) is 4.19. The lowest BCUT2D eigenvalue weighted by atomic mass is 9.97. The highest BCUT2D eigenvalue weighted by molar-refractivity contribution is 14.1. The molecule has 3 heterocycles. The minimum Gasteiger partial charge on any atom is -0.394 e. The summed E-state index contributed by atoms with van der Waals surface area (Å²) in [5, 5.41) is 25.1. The van der Waals surface area contributed by atoms with Crippen molar-refractivity contribution in [2.75, 3.05) is 17.2 Å². The minimum absolute atomic E-state index is 0.000433. The van der Waals surface area contributed by atoms with Gasteiger partial charge >= 0.3 is 5.69 Å². The van der Waals surface area contributed by atoms with Gasteiger partial charge in [0, 0.05) is 23.5 Å². The van der Waals surface area contributed by atoms with Crippen molar-refractivity contribution in [3.63, 3.8) is 0 Å². The molecule has 1 saturated heterocycles. The van der Waals surface area contributed by atoms with Crippen LogP contribution in [-0.2, 0) is 11.2 Å². The van der Waals surface area contributed by atoms with Crippen LogP contribution in [0.15, 0.2) is 35.3 Å². The molecule has 2 aromatic rings. The van der Waals surface area contributed by atoms with Gasteiger partial charge in [0.05, 0.1) is 6.61 Å². The van der Waals surface area contributed by atoms with E-state index in [4.69, 9.17) is 4.74 Å². The van der Waals surface area contributed by atoms with Gasteiger partial charge < -0.3 is 25.6 Å². The molecule has 1 fully saturated rings. The molecule has 0 radical (unpaired) electrons. The number of carbonyl (C=O) groups is 1. The molecule has 0 bridgehead atoms. The molecule has 2 aliphatic rings. The summed E-state index contributed by atoms with van der Waals surface area (Å²) in [4.78, 5) is 28.9. The number of nitrogens with one attached hydrogen (secondary N) is 2. The van der Waals surface area contributed by atoms with Crippen molar-refractivity contribution in [3.8, 4) is 0 Å². The average molecular weight is 544 g/mol. The van der Waals surface area contributed by atoms with Gasteiger partial charge in [0.2, 0.25) is 3.68 Å². The van der Waals surface area contributed by atoms with Crippen LogP contribution in [0.1, 0.15) is 35.5 Å². The predicted molar refractivity (Wildman–Crippen MR) is 119 cm³/mol. The van der Waals surface area contributed by atoms with E-state index in [0.717, 1.165) is 28.7 Å². The highest BCUT2D eigenvalue weighted by Gasteiger charge is 2.56. The summed E-state index contributed by atoms with van der Waals surface area (Å²) in [6, 6.07) is 7.03. The van der Waals surface area contributed by atoms with Crippen LogP contribution in [-0.4, -0.2) is 54.2 Å². The number of amides is 1. The number of benzene rings is 1. The summed E-state index contributed by atoms with van der Waals surface area (Å²) >= 11 is 1.35. The molecular weight excluding hydrogens is 522 g/mol. The Hall–Kier alpha value is -2.09. The molecule has 1 aromatic heterocycles. The zero-order valence-electron chi connectivity index (χ0n) is 16.6. The third-order valence-corrected chi connectivity index (χ3v) is 6.68. The molecule has 11 heteroatoms. The summed E-state index contributed by atoms with van der Waals surface area (Å²) in [5.74, 6) is -0.436. The molecule has 2 aliphatic heterocycles. The number of ether oxygens (including phenoxy) is 1. The molecule has 0 aliphatic carbocycles. The fourth-order valence-electron chi connectivity index (χ4n) is 3.75. The van der Waals surface area contributed by atoms with Crippen LogP contribution in [0, 0.1) is 0 Å². The normalized spacial score (nSPS) is 29.8. The van der Waals surface area contributed by atoms with Gasteiger partial charge in [-0.2, -0.15) is 4.98 Å². The molecule has 1 amide bonds. The van der Waals surface area contributed by atoms with Gasteiger partial charge in [-0.25, -0.2) is 9.18 Å². The zero-order valence-corrected chi connectivity index (χ0v) is 18.7. The Bertz CT molecular complexity index is 1060. The topological polar surface area (TPSA) is 126 Å². The van der Waals surface area contributed by atoms with Crippen molar-refractivity contribution in [3.05, 3.63) is 52.1 Å². The van der Waals surface area contributed by atoms with E-state index in [1.54, 1.807) is 12.1 Å². The molecule has 5 atom stereocenters. The number of alkyl halides is 2. The standard InChI is InChI=1S/C20H22FIN4O5/c1-10-2-3-11-4-5-12(8-13(11)23-10)17(29)24-15-6-7-26(19(30)25-15)18-20(21,22)16(28)14(9-27)31-18/h4-8,10,14,16,18,23,27-28H,2-3,9H2,1H3,(H,24,25,29,30)/t10?,14-,16-,18?,20?/m1/s1. The number of nitrogens with zero attached hydrogens (tertiary/aromatic N) is 2. The van der Waals surface area contributed by atoms with Crippen LogP contribution >= 0.6 is 22.6 Å². The van der Waals surface area contributed by atoms with Crippen molar-refractivity contribution in [1.82, 2.24) is 9.55 Å². The van der Waals surface area contributed by atoms with Crippen LogP contribution in [0.4, 0.5) is 15.9 Å². The summed E-state index contributed by atoms with van der Waals surface area (Å²) in [5.41, 5.74) is 1.60. The molecule has 3 unspecified atom stereocenters. The van der Waals surface area contributed by atoms with Crippen molar-refractivity contribution in [2.45, 2.75) is 47.9 Å². The number of rotatable bonds is 4. The maximum absolute atomic E-state index is 14.9. The molecule has 0 spiro atoms. The Balaban J connectivity index is 1.52. The second kappa shape index (κ2) is 8.45. The van der Waals surface area contributed by atoms with Crippen LogP contribution in [0.5, 0.6) is 0 Å². The van der Waals surface area contributed by atoms with Crippen molar-refractivity contribution in [2.24, 2.45) is 0 Å². The number of carbonyl (C=O) groups excluding carboxylic acids is 1. The Morgan fingerprint density at radius 1 is 1.48 bits per heavy atom. The van der Waals surface area contributed by atoms with Crippen LogP contribution in [0.2, 0.25) is 0 Å². The quantitative estimate of drug-likeness (QED) is 0.341. The van der Waals surface area contributed by atoms with Gasteiger partial charge in [-0.3, -0.25) is 9.36 Å². The first kappa shape index (κ1) is 22.1. The lowest BCUT2D eigenvalue weighted by Crippen LogP contribution is -2.40. The van der Waals surface area contributed by atoms with E-state index in [-0.39, 0.29) is 5.82 Å². The summed E-state index contributed by atoms with van der Waals surface area (Å²) in [6.07, 6.45) is -1.07. The molecule has 31 heavy (non-hydrogen) atoms. The number of anilines is 2. The van der Waals surface area contributed by atoms with Crippen molar-refractivity contribution < 1.29 is 24.1 Å². The van der Waals surface area contributed by atoms with E-state index < -0.39 is 40.3 Å². The number of fused-ring (bicyclic) bond motifs is 1. The highest BCUT2D eigenvalue weighted by Crippen LogP contribution is 2.45. The largest absolute Gasteiger partial charge is 0.394 e. The van der Waals surface area contributed by atoms with E-state index in [2.05, 4.69) is 22.5 Å². The van der Waals surface area contributed by atoms with Crippen LogP contribution in [0.25, 0.3) is 0 Å². The van der Waals surface area contributed by atoms with Gasteiger partial charge in [0.1, 0.15) is 18.0 Å². The molecule has 4 N–H and O–H groups in total. The molecule has 4 rings (SSSR count). The maximum atomic E-state index is 14.9. The van der Waals surface area contributed by atoms with Gasteiger partial charge in [0.15, 0.2) is 6.23 Å². The Morgan fingerprint density at radius 2 is 2.26 bits per heavy atom. The first-order chi connectivity index (χ1) is 14.7. The molecule has 0 saturated carbocycles. The fourth-order valence-corrected chi connectivity index (χ4v) is 4.60. The van der Waals surface area contributed by atoms with E-state index >= 15 is 0 Å². The minimum atomic E-state index is -2.34. The zero-order chi connectivity index (χ0) is 22.3. The molecule has 9 nitrogen and oxygen atoms in total. The van der Waals surface area contributed by atoms with Gasteiger partial charge in [-0.1, -0.05) is 6.07 Å². The second-order valence-corrected chi connectivity index (χ2v) is 9.39. The predicted octanol–water partition coefficient (Wildman–Crippen LogP) is 1.59. The number of aromatic nitrogens is 2. The second-order valence-electron chi connectivity index (χ2n) is 7.74. The number of aliphatic hydroxyl groups excluding tert-OH is 2. The van der Waals surface area contributed by atoms with Crippen LogP contribution < -0.4 is 16.3 Å².